The Hall–Kier alpha value is -2.34. The number of aryl methyl sites for hydroxylation is 1. The summed E-state index contributed by atoms with van der Waals surface area (Å²) in [7, 11) is 1.35. The van der Waals surface area contributed by atoms with E-state index in [9.17, 15) is 4.79 Å². The van der Waals surface area contributed by atoms with Gasteiger partial charge in [-0.15, -0.1) is 0 Å². The van der Waals surface area contributed by atoms with E-state index in [0.29, 0.717) is 30.3 Å². The second-order valence-electron chi connectivity index (χ2n) is 4.58. The van der Waals surface area contributed by atoms with E-state index in [2.05, 4.69) is 20.3 Å². The highest BCUT2D eigenvalue weighted by Gasteiger charge is 2.24. The Morgan fingerprint density at radius 2 is 2.10 bits per heavy atom. The van der Waals surface area contributed by atoms with Gasteiger partial charge in [-0.05, 0) is 19.1 Å². The number of pyridine rings is 1. The summed E-state index contributed by atoms with van der Waals surface area (Å²) in [6.45, 7) is 3.11. The van der Waals surface area contributed by atoms with E-state index in [-0.39, 0.29) is 0 Å². The minimum Gasteiger partial charge on any atom is -0.464 e. The number of esters is 1. The van der Waals surface area contributed by atoms with Crippen LogP contribution in [0.5, 0.6) is 0 Å². The van der Waals surface area contributed by atoms with E-state index in [4.69, 9.17) is 4.74 Å². The number of aromatic nitrogens is 3. The van der Waals surface area contributed by atoms with Gasteiger partial charge in [0.1, 0.15) is 5.69 Å². The van der Waals surface area contributed by atoms with Crippen molar-refractivity contribution in [3.63, 3.8) is 0 Å². The van der Waals surface area contributed by atoms with Crippen LogP contribution in [0.1, 0.15) is 27.4 Å². The molecule has 1 N–H and O–H groups in total. The molecule has 20 heavy (non-hydrogen) atoms. The van der Waals surface area contributed by atoms with Crippen molar-refractivity contribution in [3.05, 3.63) is 40.8 Å². The van der Waals surface area contributed by atoms with Gasteiger partial charge in [-0.3, -0.25) is 0 Å². The molecule has 0 bridgehead atoms. The van der Waals surface area contributed by atoms with E-state index in [1.807, 2.05) is 25.1 Å². The Kier molecular flexibility index (Phi) is 3.15. The first-order valence-electron chi connectivity index (χ1n) is 6.32. The number of ether oxygens (including phenoxy) is 1. The average Bonchev–Trinajstić information content (AvgIpc) is 2.93. The van der Waals surface area contributed by atoms with Gasteiger partial charge in [0.05, 0.1) is 12.8 Å². The van der Waals surface area contributed by atoms with Crippen molar-refractivity contribution in [1.82, 2.24) is 20.3 Å². The normalized spacial score (nSPS) is 13.1. The number of hydrogen-bond acceptors (Lipinski definition) is 6. The number of hydrogen-bond donors (Lipinski definition) is 1. The molecule has 2 aromatic heterocycles. The molecule has 0 spiro atoms. The molecule has 6 heteroatoms. The summed E-state index contributed by atoms with van der Waals surface area (Å²) >= 11 is 0. The molecule has 1 aliphatic heterocycles. The highest BCUT2D eigenvalue weighted by molar-refractivity contribution is 5.89. The molecule has 3 heterocycles. The quantitative estimate of drug-likeness (QED) is 0.827. The first-order chi connectivity index (χ1) is 9.69. The summed E-state index contributed by atoms with van der Waals surface area (Å²) in [4.78, 5) is 25.1. The fraction of sp³-hybridized carbons (Fsp3) is 0.286. The Balaban J connectivity index is 2.16. The van der Waals surface area contributed by atoms with Crippen LogP contribution in [-0.4, -0.2) is 28.0 Å². The number of fused-ring (bicyclic) bond motifs is 1. The maximum absolute atomic E-state index is 11.9. The lowest BCUT2D eigenvalue weighted by Gasteiger charge is -2.08. The van der Waals surface area contributed by atoms with Gasteiger partial charge in [0.2, 0.25) is 0 Å². The molecule has 0 saturated carbocycles. The smallest absolute Gasteiger partial charge is 0.357 e. The molecule has 0 unspecified atom stereocenters. The minimum absolute atomic E-state index is 0.320. The van der Waals surface area contributed by atoms with Gasteiger partial charge in [0.25, 0.3) is 0 Å². The Bertz CT molecular complexity index is 685. The van der Waals surface area contributed by atoms with Crippen molar-refractivity contribution in [3.8, 4) is 11.5 Å². The SMILES string of the molecule is COC(=O)c1nc(-c2cccc(C)n2)nc2c1CNC2. The van der Waals surface area contributed by atoms with Crippen molar-refractivity contribution in [1.29, 1.82) is 0 Å². The molecule has 0 atom stereocenters. The highest BCUT2D eigenvalue weighted by Crippen LogP contribution is 2.22. The van der Waals surface area contributed by atoms with Crippen LogP contribution in [0, 0.1) is 6.92 Å². The Labute approximate surface area is 116 Å². The molecule has 0 fully saturated rings. The average molecular weight is 270 g/mol. The molecule has 1 aliphatic rings. The zero-order chi connectivity index (χ0) is 14.1. The first kappa shape index (κ1) is 12.7. The lowest BCUT2D eigenvalue weighted by molar-refractivity contribution is 0.0592. The van der Waals surface area contributed by atoms with E-state index in [0.717, 1.165) is 17.0 Å². The fourth-order valence-electron chi connectivity index (χ4n) is 2.22. The zero-order valence-electron chi connectivity index (χ0n) is 11.3. The summed E-state index contributed by atoms with van der Waals surface area (Å²) in [5.41, 5.74) is 3.50. The predicted molar refractivity (Wildman–Crippen MR) is 71.9 cm³/mol. The first-order valence-corrected chi connectivity index (χ1v) is 6.32. The summed E-state index contributed by atoms with van der Waals surface area (Å²) in [5.74, 6) is 0.0119. The van der Waals surface area contributed by atoms with Crippen molar-refractivity contribution in [2.24, 2.45) is 0 Å². The third-order valence-electron chi connectivity index (χ3n) is 3.18. The Morgan fingerprint density at radius 1 is 1.25 bits per heavy atom. The van der Waals surface area contributed by atoms with Crippen molar-refractivity contribution >= 4 is 5.97 Å². The van der Waals surface area contributed by atoms with Crippen molar-refractivity contribution in [2.45, 2.75) is 20.0 Å². The fourth-order valence-corrected chi connectivity index (χ4v) is 2.22. The zero-order valence-corrected chi connectivity index (χ0v) is 11.3. The summed E-state index contributed by atoms with van der Waals surface area (Å²) in [6.07, 6.45) is 0. The summed E-state index contributed by atoms with van der Waals surface area (Å²) in [5, 5.41) is 3.17. The van der Waals surface area contributed by atoms with Gasteiger partial charge in [0, 0.05) is 24.3 Å². The third-order valence-corrected chi connectivity index (χ3v) is 3.18. The number of carbonyl (C=O) groups excluding carboxylic acids is 1. The molecule has 0 amide bonds. The van der Waals surface area contributed by atoms with Crippen molar-refractivity contribution in [2.75, 3.05) is 7.11 Å². The van der Waals surface area contributed by atoms with E-state index < -0.39 is 5.97 Å². The maximum Gasteiger partial charge on any atom is 0.357 e. The largest absolute Gasteiger partial charge is 0.464 e. The van der Waals surface area contributed by atoms with Crippen LogP contribution in [0.25, 0.3) is 11.5 Å². The van der Waals surface area contributed by atoms with E-state index in [1.165, 1.54) is 7.11 Å². The summed E-state index contributed by atoms with van der Waals surface area (Å²) < 4.78 is 4.80. The predicted octanol–water partition coefficient (Wildman–Crippen LogP) is 1.24. The monoisotopic (exact) mass is 270 g/mol. The molecule has 6 nitrogen and oxygen atoms in total. The lowest BCUT2D eigenvalue weighted by Crippen LogP contribution is -2.12. The molecule has 0 aromatic carbocycles. The van der Waals surface area contributed by atoms with Gasteiger partial charge in [-0.2, -0.15) is 0 Å². The Morgan fingerprint density at radius 3 is 2.85 bits per heavy atom. The van der Waals surface area contributed by atoms with Crippen LogP contribution in [0.2, 0.25) is 0 Å². The van der Waals surface area contributed by atoms with Crippen molar-refractivity contribution < 1.29 is 9.53 Å². The van der Waals surface area contributed by atoms with Gasteiger partial charge in [0.15, 0.2) is 11.5 Å². The molecule has 3 rings (SSSR count). The molecular weight excluding hydrogens is 256 g/mol. The maximum atomic E-state index is 11.9. The minimum atomic E-state index is -0.443. The van der Waals surface area contributed by atoms with Crippen LogP contribution in [0.3, 0.4) is 0 Å². The van der Waals surface area contributed by atoms with Crippen LogP contribution in [0.15, 0.2) is 18.2 Å². The van der Waals surface area contributed by atoms with Gasteiger partial charge >= 0.3 is 5.97 Å². The molecule has 2 aromatic rings. The van der Waals surface area contributed by atoms with Gasteiger partial charge < -0.3 is 10.1 Å². The number of nitrogens with one attached hydrogen (secondary N) is 1. The van der Waals surface area contributed by atoms with E-state index >= 15 is 0 Å². The molecule has 0 saturated heterocycles. The summed E-state index contributed by atoms with van der Waals surface area (Å²) in [6, 6.07) is 5.63. The number of nitrogens with zero attached hydrogens (tertiary/aromatic N) is 3. The second-order valence-corrected chi connectivity index (χ2v) is 4.58. The lowest BCUT2D eigenvalue weighted by atomic mass is 10.1. The number of methoxy groups -OCH3 is 1. The molecule has 0 radical (unpaired) electrons. The van der Waals surface area contributed by atoms with Gasteiger partial charge in [-0.25, -0.2) is 19.7 Å². The molecule has 0 aliphatic carbocycles. The van der Waals surface area contributed by atoms with E-state index in [1.54, 1.807) is 0 Å². The number of carbonyl (C=O) groups is 1. The third kappa shape index (κ3) is 2.14. The van der Waals surface area contributed by atoms with Crippen LogP contribution < -0.4 is 5.32 Å². The van der Waals surface area contributed by atoms with Crippen LogP contribution >= 0.6 is 0 Å². The van der Waals surface area contributed by atoms with Gasteiger partial charge in [-0.1, -0.05) is 6.07 Å². The number of rotatable bonds is 2. The highest BCUT2D eigenvalue weighted by atomic mass is 16.5. The standard InChI is InChI=1S/C14H14N4O2/c1-8-4-3-5-10(16-8)13-17-11-7-15-6-9(11)12(18-13)14(19)20-2/h3-5,15H,6-7H2,1-2H3. The molecular formula is C14H14N4O2. The topological polar surface area (TPSA) is 77.0 Å². The van der Waals surface area contributed by atoms with Crippen LogP contribution in [0.4, 0.5) is 0 Å². The molecule has 102 valence electrons. The second kappa shape index (κ2) is 4.97. The van der Waals surface area contributed by atoms with Crippen LogP contribution in [-0.2, 0) is 17.8 Å².